The zero-order valence-electron chi connectivity index (χ0n) is 22.9. The monoisotopic (exact) mass is 538 g/mol. The first-order valence-corrected chi connectivity index (χ1v) is 13.9. The maximum atomic E-state index is 13.8. The van der Waals surface area contributed by atoms with Crippen LogP contribution in [0.1, 0.15) is 49.7 Å². The van der Waals surface area contributed by atoms with Gasteiger partial charge in [-0.05, 0) is 69.2 Å². The third-order valence-electron chi connectivity index (χ3n) is 6.92. The van der Waals surface area contributed by atoms with E-state index < -0.39 is 18.3 Å². The van der Waals surface area contributed by atoms with Crippen LogP contribution in [0, 0.1) is 5.92 Å². The molecule has 3 amide bonds. The summed E-state index contributed by atoms with van der Waals surface area (Å²) >= 11 is 0. The van der Waals surface area contributed by atoms with Gasteiger partial charge in [-0.25, -0.2) is 0 Å². The quantitative estimate of drug-likeness (QED) is 0.337. The lowest BCUT2D eigenvalue weighted by Crippen LogP contribution is -2.53. The summed E-state index contributed by atoms with van der Waals surface area (Å²) < 4.78 is 6.23. The zero-order valence-corrected chi connectivity index (χ0v) is 22.9. The van der Waals surface area contributed by atoms with Crippen LogP contribution in [0.15, 0.2) is 60.7 Å². The second kappa shape index (κ2) is 17.3. The number of ether oxygens (including phenoxy) is 1. The average Bonchev–Trinajstić information content (AvgIpc) is 2.97. The Kier molecular flexibility index (Phi) is 13.5. The second-order valence-corrected chi connectivity index (χ2v) is 9.86. The Morgan fingerprint density at radius 3 is 2.33 bits per heavy atom. The van der Waals surface area contributed by atoms with Gasteiger partial charge < -0.3 is 20.3 Å². The van der Waals surface area contributed by atoms with Gasteiger partial charge in [0.15, 0.2) is 6.23 Å². The molecule has 1 heterocycles. The molecule has 1 aliphatic rings. The van der Waals surface area contributed by atoms with Crippen LogP contribution in [-0.4, -0.2) is 67.8 Å². The summed E-state index contributed by atoms with van der Waals surface area (Å²) in [4.78, 5) is 45.1. The van der Waals surface area contributed by atoms with E-state index >= 15 is 0 Å². The molecule has 2 aromatic carbocycles. The molecule has 3 atom stereocenters. The van der Waals surface area contributed by atoms with E-state index in [-0.39, 0.29) is 12.5 Å². The molecular formula is C30H42N4O5. The fraction of sp³-hybridized carbons (Fsp3) is 0.500. The molecule has 2 N–H and O–H groups in total. The van der Waals surface area contributed by atoms with Crippen molar-refractivity contribution in [1.82, 2.24) is 20.6 Å². The molecule has 1 fully saturated rings. The van der Waals surface area contributed by atoms with Crippen LogP contribution in [0.25, 0.3) is 0 Å². The number of hydrogen-bond donors (Lipinski definition) is 2. The number of carbonyl (C=O) groups excluding carboxylic acids is 3. The molecule has 9 heteroatoms. The normalized spacial score (nSPS) is 21.3. The molecular weight excluding hydrogens is 496 g/mol. The number of nitrogens with zero attached hydrogens (tertiary/aromatic N) is 2. The summed E-state index contributed by atoms with van der Waals surface area (Å²) in [6, 6.07) is 19.6. The molecule has 0 spiro atoms. The number of hydroxylamine groups is 2. The Labute approximate surface area is 231 Å². The van der Waals surface area contributed by atoms with Gasteiger partial charge in [0.1, 0.15) is 12.8 Å². The minimum atomic E-state index is -0.917. The lowest BCUT2D eigenvalue weighted by atomic mass is 9.96. The number of carbonyl (C=O) groups is 3. The topological polar surface area (TPSA) is 100 Å². The van der Waals surface area contributed by atoms with Gasteiger partial charge in [-0.3, -0.25) is 19.2 Å². The molecule has 1 aliphatic heterocycles. The van der Waals surface area contributed by atoms with Crippen molar-refractivity contribution in [3.05, 3.63) is 71.8 Å². The van der Waals surface area contributed by atoms with Gasteiger partial charge in [0.2, 0.25) is 18.7 Å². The Balaban J connectivity index is 1.84. The summed E-state index contributed by atoms with van der Waals surface area (Å²) in [5, 5.41) is 7.59. The van der Waals surface area contributed by atoms with Crippen LogP contribution in [-0.2, 0) is 37.0 Å². The van der Waals surface area contributed by atoms with E-state index in [0.717, 1.165) is 55.8 Å². The van der Waals surface area contributed by atoms with Crippen molar-refractivity contribution in [1.29, 1.82) is 0 Å². The van der Waals surface area contributed by atoms with Gasteiger partial charge in [0.05, 0.1) is 5.92 Å². The Hall–Kier alpha value is -3.27. The van der Waals surface area contributed by atoms with Crippen LogP contribution in [0.2, 0.25) is 0 Å². The van der Waals surface area contributed by atoms with E-state index in [0.29, 0.717) is 32.3 Å². The van der Waals surface area contributed by atoms with Gasteiger partial charge in [-0.2, -0.15) is 5.06 Å². The molecule has 0 unspecified atom stereocenters. The third kappa shape index (κ3) is 10.4. The lowest BCUT2D eigenvalue weighted by Gasteiger charge is -2.35. The second-order valence-electron chi connectivity index (χ2n) is 9.86. The number of amides is 3. The highest BCUT2D eigenvalue weighted by Gasteiger charge is 2.35. The smallest absolute Gasteiger partial charge is 0.235 e. The SMILES string of the molecule is CN(C=O)[C@H]1CCCNCCCCO[C@H](N(C=O)OCc2ccccc2)[C@@H](CCCc2ccccc2)C(=O)N1. The van der Waals surface area contributed by atoms with Crippen molar-refractivity contribution in [3.63, 3.8) is 0 Å². The average molecular weight is 539 g/mol. The van der Waals surface area contributed by atoms with Crippen molar-refractivity contribution in [2.45, 2.75) is 63.9 Å². The molecule has 0 bridgehead atoms. The van der Waals surface area contributed by atoms with E-state index in [1.165, 1.54) is 10.5 Å². The standard InChI is InChI=1S/C30H42N4O5/c1-33(23-35)28-18-11-20-31-19-8-9-21-38-30(34(24-36)39-22-26-14-6-3-7-15-26)27(29(37)32-28)17-10-16-25-12-4-2-5-13-25/h2-7,12-15,23-24,27-28,30-31H,8-11,16-22H2,1H3,(H,32,37)/t27-,28-,30-/m0/s1. The molecule has 0 aromatic heterocycles. The molecule has 0 radical (unpaired) electrons. The predicted octanol–water partition coefficient (Wildman–Crippen LogP) is 3.25. The fourth-order valence-electron chi connectivity index (χ4n) is 4.65. The van der Waals surface area contributed by atoms with Gasteiger partial charge in [0.25, 0.3) is 0 Å². The highest BCUT2D eigenvalue weighted by Crippen LogP contribution is 2.22. The molecule has 212 valence electrons. The number of rotatable bonds is 11. The van der Waals surface area contributed by atoms with E-state index in [9.17, 15) is 14.4 Å². The summed E-state index contributed by atoms with van der Waals surface area (Å²) in [6.07, 6.45) is 5.00. The number of aryl methyl sites for hydroxylation is 1. The number of hydrogen-bond acceptors (Lipinski definition) is 6. The maximum absolute atomic E-state index is 13.8. The zero-order chi connectivity index (χ0) is 27.7. The first-order valence-electron chi connectivity index (χ1n) is 13.9. The van der Waals surface area contributed by atoms with Crippen molar-refractivity contribution >= 4 is 18.7 Å². The van der Waals surface area contributed by atoms with Gasteiger partial charge >= 0.3 is 0 Å². The first-order chi connectivity index (χ1) is 19.1. The summed E-state index contributed by atoms with van der Waals surface area (Å²) in [5.74, 6) is -0.967. The van der Waals surface area contributed by atoms with Crippen LogP contribution < -0.4 is 10.6 Å². The Morgan fingerprint density at radius 1 is 0.949 bits per heavy atom. The van der Waals surface area contributed by atoms with E-state index in [2.05, 4.69) is 22.8 Å². The van der Waals surface area contributed by atoms with Gasteiger partial charge in [-0.1, -0.05) is 60.7 Å². The van der Waals surface area contributed by atoms with Crippen LogP contribution >= 0.6 is 0 Å². The summed E-state index contributed by atoms with van der Waals surface area (Å²) in [6.45, 7) is 2.19. The third-order valence-corrected chi connectivity index (χ3v) is 6.92. The van der Waals surface area contributed by atoms with Gasteiger partial charge in [-0.15, -0.1) is 0 Å². The van der Waals surface area contributed by atoms with Gasteiger partial charge in [0, 0.05) is 13.7 Å². The molecule has 1 saturated heterocycles. The van der Waals surface area contributed by atoms with E-state index in [4.69, 9.17) is 9.57 Å². The van der Waals surface area contributed by atoms with Crippen molar-refractivity contribution < 1.29 is 24.0 Å². The van der Waals surface area contributed by atoms with Crippen LogP contribution in [0.5, 0.6) is 0 Å². The van der Waals surface area contributed by atoms with E-state index in [1.54, 1.807) is 7.05 Å². The molecule has 3 rings (SSSR count). The first kappa shape index (κ1) is 30.3. The Morgan fingerprint density at radius 2 is 1.64 bits per heavy atom. The van der Waals surface area contributed by atoms with Crippen molar-refractivity contribution in [2.24, 2.45) is 5.92 Å². The van der Waals surface area contributed by atoms with Crippen LogP contribution in [0.4, 0.5) is 0 Å². The number of nitrogens with one attached hydrogen (secondary N) is 2. The lowest BCUT2D eigenvalue weighted by molar-refractivity contribution is -0.252. The minimum Gasteiger partial charge on any atom is -0.355 e. The van der Waals surface area contributed by atoms with E-state index in [1.807, 2.05) is 48.5 Å². The molecule has 0 saturated carbocycles. The highest BCUT2D eigenvalue weighted by atomic mass is 16.7. The molecule has 9 nitrogen and oxygen atoms in total. The fourth-order valence-corrected chi connectivity index (χ4v) is 4.65. The Bertz CT molecular complexity index is 978. The largest absolute Gasteiger partial charge is 0.355 e. The molecule has 39 heavy (non-hydrogen) atoms. The van der Waals surface area contributed by atoms with Crippen molar-refractivity contribution in [2.75, 3.05) is 26.7 Å². The highest BCUT2D eigenvalue weighted by molar-refractivity contribution is 5.80. The predicted molar refractivity (Wildman–Crippen MR) is 149 cm³/mol. The van der Waals surface area contributed by atoms with Crippen molar-refractivity contribution in [3.8, 4) is 0 Å². The van der Waals surface area contributed by atoms with Crippen LogP contribution in [0.3, 0.4) is 0 Å². The minimum absolute atomic E-state index is 0.165. The molecule has 0 aliphatic carbocycles. The summed E-state index contributed by atoms with van der Waals surface area (Å²) in [5.41, 5.74) is 2.07. The maximum Gasteiger partial charge on any atom is 0.235 e. The number of benzene rings is 2. The molecule has 2 aromatic rings. The summed E-state index contributed by atoms with van der Waals surface area (Å²) in [7, 11) is 1.66.